The molecule has 0 spiro atoms. The van der Waals surface area contributed by atoms with E-state index in [0.29, 0.717) is 19.0 Å². The molecule has 0 atom stereocenters. The summed E-state index contributed by atoms with van der Waals surface area (Å²) >= 11 is 0. The molecule has 0 heterocycles. The Hall–Kier alpha value is -1.56. The van der Waals surface area contributed by atoms with E-state index < -0.39 is 0 Å². The van der Waals surface area contributed by atoms with Crippen LogP contribution in [0.3, 0.4) is 0 Å². The normalized spacial score (nSPS) is 12.0. The van der Waals surface area contributed by atoms with Crippen LogP contribution in [0.1, 0.15) is 20.8 Å². The summed E-state index contributed by atoms with van der Waals surface area (Å²) in [5.74, 6) is 0.528. The van der Waals surface area contributed by atoms with Crippen molar-refractivity contribution in [3.63, 3.8) is 0 Å². The highest BCUT2D eigenvalue weighted by molar-refractivity contribution is 5.84. The molecule has 0 aliphatic rings. The van der Waals surface area contributed by atoms with Crippen molar-refractivity contribution in [1.29, 1.82) is 0 Å². The fourth-order valence-corrected chi connectivity index (χ4v) is 1.07. The molecular weight excluding hydrogens is 256 g/mol. The summed E-state index contributed by atoms with van der Waals surface area (Å²) in [6.45, 7) is 11.0. The van der Waals surface area contributed by atoms with Gasteiger partial charge in [-0.2, -0.15) is 0 Å². The van der Waals surface area contributed by atoms with Crippen LogP contribution in [0.4, 0.5) is 0 Å². The molecule has 0 aliphatic carbocycles. The van der Waals surface area contributed by atoms with Crippen molar-refractivity contribution in [3.8, 4) is 0 Å². The zero-order valence-corrected chi connectivity index (χ0v) is 13.5. The highest BCUT2D eigenvalue weighted by Gasteiger charge is 2.16. The van der Waals surface area contributed by atoms with Gasteiger partial charge in [-0.1, -0.05) is 12.2 Å². The number of aliphatic imine (C=N–C) groups is 1. The molecule has 0 fully saturated rings. The summed E-state index contributed by atoms with van der Waals surface area (Å²) in [5, 5.41) is 6.29. The molecule has 0 aromatic carbocycles. The largest absolute Gasteiger partial charge is 0.377 e. The van der Waals surface area contributed by atoms with Gasteiger partial charge in [0.15, 0.2) is 5.96 Å². The quantitative estimate of drug-likeness (QED) is 0.408. The van der Waals surface area contributed by atoms with E-state index in [1.54, 1.807) is 21.2 Å². The van der Waals surface area contributed by atoms with Crippen molar-refractivity contribution in [1.82, 2.24) is 15.5 Å². The molecule has 0 rings (SSSR count). The molecule has 0 unspecified atom stereocenters. The molecule has 0 aromatic heterocycles. The summed E-state index contributed by atoms with van der Waals surface area (Å²) in [6.07, 6.45) is 0. The number of guanidine groups is 1. The lowest BCUT2D eigenvalue weighted by Gasteiger charge is -2.24. The first-order chi connectivity index (χ1) is 9.18. The number of hydrogen-bond donors (Lipinski definition) is 2. The van der Waals surface area contributed by atoms with Crippen LogP contribution in [-0.4, -0.2) is 63.2 Å². The average Bonchev–Trinajstić information content (AvgIpc) is 2.37. The van der Waals surface area contributed by atoms with Crippen LogP contribution in [-0.2, 0) is 9.53 Å². The smallest absolute Gasteiger partial charge is 0.243 e. The Labute approximate surface area is 122 Å². The molecule has 2 N–H and O–H groups in total. The van der Waals surface area contributed by atoms with E-state index in [2.05, 4.69) is 22.2 Å². The summed E-state index contributed by atoms with van der Waals surface area (Å²) in [5.41, 5.74) is 0.682. The minimum atomic E-state index is -0.308. The molecule has 0 saturated heterocycles. The number of nitrogens with zero attached hydrogens (tertiary/aromatic N) is 2. The number of carbonyl (C=O) groups excluding carboxylic acids is 1. The van der Waals surface area contributed by atoms with Crippen LogP contribution in [0.25, 0.3) is 0 Å². The Morgan fingerprint density at radius 3 is 2.40 bits per heavy atom. The van der Waals surface area contributed by atoms with Crippen molar-refractivity contribution in [3.05, 3.63) is 12.2 Å². The second-order valence-electron chi connectivity index (χ2n) is 5.58. The van der Waals surface area contributed by atoms with Gasteiger partial charge >= 0.3 is 0 Å². The Balaban J connectivity index is 4.59. The Kier molecular flexibility index (Phi) is 7.91. The molecule has 0 aliphatic heterocycles. The lowest BCUT2D eigenvalue weighted by Crippen LogP contribution is -2.46. The molecule has 6 heteroatoms. The monoisotopic (exact) mass is 284 g/mol. The summed E-state index contributed by atoms with van der Waals surface area (Å²) in [6, 6.07) is 0. The van der Waals surface area contributed by atoms with Crippen molar-refractivity contribution in [2.75, 3.05) is 40.8 Å². The van der Waals surface area contributed by atoms with Gasteiger partial charge in [-0.25, -0.2) is 4.99 Å². The second kappa shape index (κ2) is 8.58. The third-order valence-corrected chi connectivity index (χ3v) is 2.66. The van der Waals surface area contributed by atoms with Crippen LogP contribution in [0.2, 0.25) is 0 Å². The topological polar surface area (TPSA) is 66.0 Å². The van der Waals surface area contributed by atoms with E-state index in [0.717, 1.165) is 5.57 Å². The van der Waals surface area contributed by atoms with E-state index in [9.17, 15) is 4.79 Å². The van der Waals surface area contributed by atoms with Crippen LogP contribution in [0.5, 0.6) is 0 Å². The number of ether oxygens (including phenoxy) is 1. The van der Waals surface area contributed by atoms with Gasteiger partial charge in [0.05, 0.1) is 5.60 Å². The minimum Gasteiger partial charge on any atom is -0.377 e. The van der Waals surface area contributed by atoms with Gasteiger partial charge < -0.3 is 20.3 Å². The fourth-order valence-electron chi connectivity index (χ4n) is 1.07. The van der Waals surface area contributed by atoms with E-state index in [-0.39, 0.29) is 18.1 Å². The molecule has 0 aromatic rings. The number of amides is 1. The lowest BCUT2D eigenvalue weighted by atomic mass is 10.1. The Morgan fingerprint density at radius 2 is 1.95 bits per heavy atom. The van der Waals surface area contributed by atoms with E-state index in [4.69, 9.17) is 4.74 Å². The third-order valence-electron chi connectivity index (χ3n) is 2.66. The maximum absolute atomic E-state index is 11.6. The first-order valence-electron chi connectivity index (χ1n) is 6.60. The first-order valence-corrected chi connectivity index (χ1v) is 6.60. The van der Waals surface area contributed by atoms with E-state index in [1.807, 2.05) is 20.8 Å². The van der Waals surface area contributed by atoms with Crippen LogP contribution in [0, 0.1) is 0 Å². The maximum Gasteiger partial charge on any atom is 0.243 e. The molecule has 1 amide bonds. The molecule has 0 radical (unpaired) electrons. The first kappa shape index (κ1) is 18.4. The number of likely N-dealkylation sites (N-methyl/N-ethyl adjacent to an activating group) is 1. The van der Waals surface area contributed by atoms with Crippen LogP contribution in [0.15, 0.2) is 17.1 Å². The van der Waals surface area contributed by atoms with Gasteiger partial charge in [0.25, 0.3) is 0 Å². The molecule has 116 valence electrons. The van der Waals surface area contributed by atoms with E-state index >= 15 is 0 Å². The number of methoxy groups -OCH3 is 1. The molecule has 6 nitrogen and oxygen atoms in total. The Bertz CT molecular complexity index is 362. The Morgan fingerprint density at radius 1 is 1.35 bits per heavy atom. The fraction of sp³-hybridized carbons (Fsp3) is 0.714. The SMILES string of the molecule is C=C(C)CNC(=NCC(=O)N(C)C)NCC(C)(C)OC. The van der Waals surface area contributed by atoms with Gasteiger partial charge in [0.1, 0.15) is 6.54 Å². The van der Waals surface area contributed by atoms with Crippen molar-refractivity contribution in [2.45, 2.75) is 26.4 Å². The number of hydrogen-bond acceptors (Lipinski definition) is 3. The summed E-state index contributed by atoms with van der Waals surface area (Å²) in [7, 11) is 5.08. The number of carbonyl (C=O) groups is 1. The predicted octanol–water partition coefficient (Wildman–Crippen LogP) is 0.611. The number of nitrogens with one attached hydrogen (secondary N) is 2. The standard InChI is InChI=1S/C14H28N4O2/c1-11(2)8-15-13(16-9-12(19)18(5)6)17-10-14(3,4)20-7/h1,8-10H2,2-7H3,(H2,15,16,17). The van der Waals surface area contributed by atoms with Crippen molar-refractivity contribution >= 4 is 11.9 Å². The zero-order chi connectivity index (χ0) is 15.8. The highest BCUT2D eigenvalue weighted by Crippen LogP contribution is 2.04. The lowest BCUT2D eigenvalue weighted by molar-refractivity contribution is -0.127. The summed E-state index contributed by atoms with van der Waals surface area (Å²) in [4.78, 5) is 17.3. The molecule has 0 saturated carbocycles. The highest BCUT2D eigenvalue weighted by atomic mass is 16.5. The third kappa shape index (κ3) is 8.53. The molecular formula is C14H28N4O2. The van der Waals surface area contributed by atoms with Crippen LogP contribution < -0.4 is 10.6 Å². The van der Waals surface area contributed by atoms with E-state index in [1.165, 1.54) is 4.90 Å². The van der Waals surface area contributed by atoms with Crippen molar-refractivity contribution < 1.29 is 9.53 Å². The van der Waals surface area contributed by atoms with Crippen molar-refractivity contribution in [2.24, 2.45) is 4.99 Å². The molecule has 20 heavy (non-hydrogen) atoms. The predicted molar refractivity (Wildman–Crippen MR) is 82.9 cm³/mol. The van der Waals surface area contributed by atoms with Gasteiger partial charge in [-0.3, -0.25) is 4.79 Å². The molecule has 0 bridgehead atoms. The summed E-state index contributed by atoms with van der Waals surface area (Å²) < 4.78 is 5.34. The maximum atomic E-state index is 11.6. The average molecular weight is 284 g/mol. The minimum absolute atomic E-state index is 0.0487. The van der Waals surface area contributed by atoms with Gasteiger partial charge in [0, 0.05) is 34.3 Å². The second-order valence-corrected chi connectivity index (χ2v) is 5.58. The van der Waals surface area contributed by atoms with Gasteiger partial charge in [0.2, 0.25) is 5.91 Å². The van der Waals surface area contributed by atoms with Crippen LogP contribution >= 0.6 is 0 Å². The number of rotatable bonds is 7. The zero-order valence-electron chi connectivity index (χ0n) is 13.5. The van der Waals surface area contributed by atoms with Gasteiger partial charge in [-0.15, -0.1) is 0 Å². The van der Waals surface area contributed by atoms with Gasteiger partial charge in [-0.05, 0) is 20.8 Å².